The molecule has 2 aromatic rings. The van der Waals surface area contributed by atoms with E-state index in [1.807, 2.05) is 0 Å². The van der Waals surface area contributed by atoms with Crippen molar-refractivity contribution in [2.45, 2.75) is 43.4 Å². The molecule has 1 aliphatic heterocycles. The first-order valence-electron chi connectivity index (χ1n) is 7.81. The van der Waals surface area contributed by atoms with E-state index in [1.165, 1.54) is 12.0 Å². The number of rotatable bonds is 4. The number of benzene rings is 1. The fourth-order valence-electron chi connectivity index (χ4n) is 3.40. The smallest absolute Gasteiger partial charge is 0.223 e. The molecule has 0 radical (unpaired) electrons. The van der Waals surface area contributed by atoms with Crippen molar-refractivity contribution in [2.75, 3.05) is 13.2 Å². The van der Waals surface area contributed by atoms with E-state index in [-0.39, 0.29) is 5.41 Å². The van der Waals surface area contributed by atoms with Gasteiger partial charge in [-0.3, -0.25) is 0 Å². The van der Waals surface area contributed by atoms with Gasteiger partial charge in [0.25, 0.3) is 0 Å². The highest BCUT2D eigenvalue weighted by Gasteiger charge is 2.44. The van der Waals surface area contributed by atoms with Crippen molar-refractivity contribution in [1.82, 2.24) is 10.2 Å². The minimum Gasteiger partial charge on any atom is -0.424 e. The minimum absolute atomic E-state index is 0.0616. The van der Waals surface area contributed by atoms with Crippen molar-refractivity contribution in [3.8, 4) is 0 Å². The second-order valence-electron chi connectivity index (χ2n) is 6.30. The van der Waals surface area contributed by atoms with Crippen molar-refractivity contribution >= 4 is 0 Å². The fraction of sp³-hybridized carbons (Fsp3) is 0.529. The Labute approximate surface area is 124 Å². The van der Waals surface area contributed by atoms with E-state index in [4.69, 9.17) is 9.15 Å². The highest BCUT2D eigenvalue weighted by Crippen LogP contribution is 2.46. The predicted octanol–water partition coefficient (Wildman–Crippen LogP) is 3.24. The molecule has 110 valence electrons. The third-order valence-electron chi connectivity index (χ3n) is 4.87. The third kappa shape index (κ3) is 2.38. The van der Waals surface area contributed by atoms with Gasteiger partial charge in [0, 0.05) is 6.61 Å². The zero-order chi connectivity index (χ0) is 14.1. The van der Waals surface area contributed by atoms with Gasteiger partial charge in [0.1, 0.15) is 0 Å². The maximum Gasteiger partial charge on any atom is 0.223 e. The van der Waals surface area contributed by atoms with Gasteiger partial charge >= 0.3 is 0 Å². The number of ether oxygens (including phenoxy) is 1. The summed E-state index contributed by atoms with van der Waals surface area (Å²) in [5.41, 5.74) is 1.41. The highest BCUT2D eigenvalue weighted by atomic mass is 16.5. The van der Waals surface area contributed by atoms with Gasteiger partial charge in [-0.1, -0.05) is 36.8 Å². The van der Waals surface area contributed by atoms with Crippen molar-refractivity contribution < 1.29 is 9.15 Å². The van der Waals surface area contributed by atoms with Crippen LogP contribution in [0.2, 0.25) is 0 Å². The second-order valence-corrected chi connectivity index (χ2v) is 6.30. The van der Waals surface area contributed by atoms with Gasteiger partial charge in [0.2, 0.25) is 11.8 Å². The Bertz CT molecular complexity index is 598. The Morgan fingerprint density at radius 1 is 1.14 bits per heavy atom. The van der Waals surface area contributed by atoms with Crippen LogP contribution >= 0.6 is 0 Å². The molecule has 1 aromatic carbocycles. The normalized spacial score (nSPS) is 23.9. The Morgan fingerprint density at radius 3 is 2.67 bits per heavy atom. The van der Waals surface area contributed by atoms with Crippen molar-refractivity contribution in [3.05, 3.63) is 47.7 Å². The Morgan fingerprint density at radius 2 is 2.00 bits per heavy atom. The fourth-order valence-corrected chi connectivity index (χ4v) is 3.40. The van der Waals surface area contributed by atoms with E-state index in [0.717, 1.165) is 44.1 Å². The van der Waals surface area contributed by atoms with Gasteiger partial charge < -0.3 is 9.15 Å². The topological polar surface area (TPSA) is 48.2 Å². The summed E-state index contributed by atoms with van der Waals surface area (Å²) in [6, 6.07) is 10.6. The van der Waals surface area contributed by atoms with E-state index in [0.29, 0.717) is 12.5 Å². The largest absolute Gasteiger partial charge is 0.424 e. The summed E-state index contributed by atoms with van der Waals surface area (Å²) in [5, 5.41) is 8.67. The molecule has 0 spiro atoms. The lowest BCUT2D eigenvalue weighted by atomic mass is 9.65. The molecule has 0 N–H and O–H groups in total. The van der Waals surface area contributed by atoms with Gasteiger partial charge in [-0.15, -0.1) is 10.2 Å². The summed E-state index contributed by atoms with van der Waals surface area (Å²) >= 11 is 0. The molecule has 4 heteroatoms. The van der Waals surface area contributed by atoms with E-state index >= 15 is 0 Å². The molecule has 4 nitrogen and oxygen atoms in total. The van der Waals surface area contributed by atoms with Crippen LogP contribution in [0.4, 0.5) is 0 Å². The SMILES string of the molecule is c1ccc(CC2(c3nnc([C@H]4CCOC4)o3)CCC2)cc1. The molecule has 0 amide bonds. The molecule has 2 fully saturated rings. The molecular weight excluding hydrogens is 264 g/mol. The van der Waals surface area contributed by atoms with Crippen LogP contribution in [0.5, 0.6) is 0 Å². The first kappa shape index (κ1) is 13.0. The number of hydrogen-bond acceptors (Lipinski definition) is 4. The van der Waals surface area contributed by atoms with Crippen molar-refractivity contribution in [1.29, 1.82) is 0 Å². The first-order chi connectivity index (χ1) is 10.4. The summed E-state index contributed by atoms with van der Waals surface area (Å²) in [6.07, 6.45) is 5.52. The molecule has 0 unspecified atom stereocenters. The van der Waals surface area contributed by atoms with Crippen molar-refractivity contribution in [3.63, 3.8) is 0 Å². The lowest BCUT2D eigenvalue weighted by molar-refractivity contribution is 0.176. The summed E-state index contributed by atoms with van der Waals surface area (Å²) in [4.78, 5) is 0. The van der Waals surface area contributed by atoms with Crippen LogP contribution < -0.4 is 0 Å². The molecule has 1 aliphatic carbocycles. The van der Waals surface area contributed by atoms with Gasteiger partial charge in [-0.2, -0.15) is 0 Å². The maximum absolute atomic E-state index is 6.04. The number of nitrogens with zero attached hydrogens (tertiary/aromatic N) is 2. The zero-order valence-electron chi connectivity index (χ0n) is 12.1. The summed E-state index contributed by atoms with van der Waals surface area (Å²) in [5.74, 6) is 1.89. The molecular formula is C17H20N2O2. The highest BCUT2D eigenvalue weighted by molar-refractivity contribution is 5.22. The van der Waals surface area contributed by atoms with E-state index in [2.05, 4.69) is 40.5 Å². The van der Waals surface area contributed by atoms with Crippen LogP contribution in [0.25, 0.3) is 0 Å². The Kier molecular flexibility index (Phi) is 3.26. The molecule has 4 rings (SSSR count). The van der Waals surface area contributed by atoms with E-state index < -0.39 is 0 Å². The quantitative estimate of drug-likeness (QED) is 0.864. The van der Waals surface area contributed by atoms with Gasteiger partial charge in [-0.05, 0) is 31.2 Å². The summed E-state index contributed by atoms with van der Waals surface area (Å²) < 4.78 is 11.5. The molecule has 2 heterocycles. The van der Waals surface area contributed by atoms with Crippen LogP contribution in [0, 0.1) is 0 Å². The van der Waals surface area contributed by atoms with Crippen LogP contribution in [-0.4, -0.2) is 23.4 Å². The van der Waals surface area contributed by atoms with Gasteiger partial charge in [-0.25, -0.2) is 0 Å². The number of aromatic nitrogens is 2. The van der Waals surface area contributed by atoms with Crippen LogP contribution in [0.15, 0.2) is 34.7 Å². The minimum atomic E-state index is 0.0616. The standard InChI is InChI=1S/C17H20N2O2/c1-2-5-13(6-3-1)11-17(8-4-9-17)16-19-18-15(21-16)14-7-10-20-12-14/h1-3,5-6,14H,4,7-12H2/t14-/m0/s1. The Hall–Kier alpha value is -1.68. The maximum atomic E-state index is 6.04. The average molecular weight is 284 g/mol. The average Bonchev–Trinajstić information content (AvgIpc) is 3.14. The van der Waals surface area contributed by atoms with Crippen LogP contribution in [0.3, 0.4) is 0 Å². The molecule has 21 heavy (non-hydrogen) atoms. The third-order valence-corrected chi connectivity index (χ3v) is 4.87. The van der Waals surface area contributed by atoms with E-state index in [1.54, 1.807) is 0 Å². The first-order valence-corrected chi connectivity index (χ1v) is 7.81. The lowest BCUT2D eigenvalue weighted by Gasteiger charge is -2.38. The summed E-state index contributed by atoms with van der Waals surface area (Å²) in [6.45, 7) is 1.52. The van der Waals surface area contributed by atoms with Crippen molar-refractivity contribution in [2.24, 2.45) is 0 Å². The lowest BCUT2D eigenvalue weighted by Crippen LogP contribution is -2.37. The van der Waals surface area contributed by atoms with Gasteiger partial charge in [0.15, 0.2) is 0 Å². The predicted molar refractivity (Wildman–Crippen MR) is 78.2 cm³/mol. The summed E-state index contributed by atoms with van der Waals surface area (Å²) in [7, 11) is 0. The monoisotopic (exact) mass is 284 g/mol. The molecule has 2 aliphatic rings. The van der Waals surface area contributed by atoms with Gasteiger partial charge in [0.05, 0.1) is 17.9 Å². The second kappa shape index (κ2) is 5.26. The molecule has 1 atom stereocenters. The molecule has 1 saturated heterocycles. The Balaban J connectivity index is 1.57. The molecule has 1 saturated carbocycles. The van der Waals surface area contributed by atoms with Crippen LogP contribution in [-0.2, 0) is 16.6 Å². The molecule has 0 bridgehead atoms. The number of hydrogen-bond donors (Lipinski definition) is 0. The van der Waals surface area contributed by atoms with Crippen LogP contribution in [0.1, 0.15) is 48.9 Å². The molecule has 1 aromatic heterocycles. The van der Waals surface area contributed by atoms with E-state index in [9.17, 15) is 0 Å². The zero-order valence-corrected chi connectivity index (χ0v) is 12.1.